The van der Waals surface area contributed by atoms with E-state index in [1.54, 1.807) is 6.07 Å². The molecule has 0 saturated carbocycles. The zero-order chi connectivity index (χ0) is 24.3. The lowest BCUT2D eigenvalue weighted by Gasteiger charge is -2.30. The average Bonchev–Trinajstić information content (AvgIpc) is 3.24. The van der Waals surface area contributed by atoms with Crippen molar-refractivity contribution in [3.8, 4) is 11.5 Å². The summed E-state index contributed by atoms with van der Waals surface area (Å²) in [7, 11) is 1.31. The number of hydrogen-bond acceptors (Lipinski definition) is 6. The first-order chi connectivity index (χ1) is 16.3. The van der Waals surface area contributed by atoms with E-state index in [9.17, 15) is 22.4 Å². The first kappa shape index (κ1) is 24.0. The van der Waals surface area contributed by atoms with Crippen LogP contribution in [0.2, 0.25) is 0 Å². The molecule has 0 amide bonds. The lowest BCUT2D eigenvalue weighted by atomic mass is 9.92. The Morgan fingerprint density at radius 1 is 1.15 bits per heavy atom. The van der Waals surface area contributed by atoms with Gasteiger partial charge in [0.15, 0.2) is 11.5 Å². The molecule has 2 heterocycles. The molecule has 0 atom stereocenters. The van der Waals surface area contributed by atoms with Gasteiger partial charge in [0.1, 0.15) is 17.1 Å². The molecule has 10 heteroatoms. The minimum atomic E-state index is -4.95. The van der Waals surface area contributed by atoms with E-state index in [0.29, 0.717) is 18.5 Å². The Balaban J connectivity index is 1.25. The van der Waals surface area contributed by atoms with E-state index in [1.165, 1.54) is 25.3 Å². The van der Waals surface area contributed by atoms with Gasteiger partial charge in [0.2, 0.25) is 0 Å². The molecule has 0 aliphatic carbocycles. The second-order valence-electron chi connectivity index (χ2n) is 8.22. The SMILES string of the molecule is COc1cc(C(=O)C(F)(F)F)ccc1OCCCN1CCC(c2onc3cc(F)ccc23)CC1. The van der Waals surface area contributed by atoms with E-state index in [-0.39, 0.29) is 23.2 Å². The molecule has 6 nitrogen and oxygen atoms in total. The number of Topliss-reactive ketones (excluding diaryl/α,β-unsaturated/α-hetero) is 1. The summed E-state index contributed by atoms with van der Waals surface area (Å²) in [5.41, 5.74) is 0.0325. The maximum atomic E-state index is 13.4. The number of halogens is 4. The maximum Gasteiger partial charge on any atom is 0.454 e. The lowest BCUT2D eigenvalue weighted by Crippen LogP contribution is -2.34. The van der Waals surface area contributed by atoms with Gasteiger partial charge in [0.05, 0.1) is 13.7 Å². The van der Waals surface area contributed by atoms with Crippen molar-refractivity contribution in [1.82, 2.24) is 10.1 Å². The smallest absolute Gasteiger partial charge is 0.454 e. The number of methoxy groups -OCH3 is 1. The fourth-order valence-corrected chi connectivity index (χ4v) is 4.21. The molecule has 1 aromatic heterocycles. The highest BCUT2D eigenvalue weighted by molar-refractivity contribution is 6.00. The minimum absolute atomic E-state index is 0.0788. The van der Waals surface area contributed by atoms with E-state index in [1.807, 2.05) is 0 Å². The molecule has 2 aromatic carbocycles. The molecular formula is C24H24F4N2O4. The number of alkyl halides is 3. The number of benzene rings is 2. The first-order valence-electron chi connectivity index (χ1n) is 11.0. The Kier molecular flexibility index (Phi) is 7.06. The molecule has 34 heavy (non-hydrogen) atoms. The Labute approximate surface area is 193 Å². The zero-order valence-corrected chi connectivity index (χ0v) is 18.5. The van der Waals surface area contributed by atoms with Crippen molar-refractivity contribution in [1.29, 1.82) is 0 Å². The lowest BCUT2D eigenvalue weighted by molar-refractivity contribution is -0.0885. The van der Waals surface area contributed by atoms with Crippen molar-refractivity contribution in [3.05, 3.63) is 53.5 Å². The summed E-state index contributed by atoms with van der Waals surface area (Å²) in [5, 5.41) is 4.83. The van der Waals surface area contributed by atoms with Gasteiger partial charge in [-0.1, -0.05) is 5.16 Å². The second-order valence-corrected chi connectivity index (χ2v) is 8.22. The molecule has 0 N–H and O–H groups in total. The fourth-order valence-electron chi connectivity index (χ4n) is 4.21. The summed E-state index contributed by atoms with van der Waals surface area (Å²) in [6.07, 6.45) is -2.45. The zero-order valence-electron chi connectivity index (χ0n) is 18.5. The van der Waals surface area contributed by atoms with Crippen molar-refractivity contribution >= 4 is 16.7 Å². The van der Waals surface area contributed by atoms with Crippen LogP contribution in [-0.4, -0.2) is 55.4 Å². The first-order valence-corrected chi connectivity index (χ1v) is 11.0. The van der Waals surface area contributed by atoms with E-state index in [4.69, 9.17) is 14.0 Å². The molecule has 1 fully saturated rings. The van der Waals surface area contributed by atoms with E-state index >= 15 is 0 Å². The summed E-state index contributed by atoms with van der Waals surface area (Å²) in [4.78, 5) is 13.7. The molecule has 182 valence electrons. The molecule has 0 spiro atoms. The van der Waals surface area contributed by atoms with Crippen molar-refractivity contribution in [2.24, 2.45) is 0 Å². The normalized spacial score (nSPS) is 15.6. The molecule has 3 aromatic rings. The molecule has 1 aliphatic heterocycles. The van der Waals surface area contributed by atoms with Crippen LogP contribution in [0.15, 0.2) is 40.9 Å². The van der Waals surface area contributed by atoms with Crippen LogP contribution in [0.5, 0.6) is 11.5 Å². The van der Waals surface area contributed by atoms with Crippen LogP contribution in [0.1, 0.15) is 41.3 Å². The molecular weight excluding hydrogens is 456 g/mol. The summed E-state index contributed by atoms with van der Waals surface area (Å²) in [6.45, 7) is 2.88. The van der Waals surface area contributed by atoms with Gasteiger partial charge in [-0.2, -0.15) is 13.2 Å². The maximum absolute atomic E-state index is 13.4. The number of hydrogen-bond donors (Lipinski definition) is 0. The highest BCUT2D eigenvalue weighted by Gasteiger charge is 2.39. The highest BCUT2D eigenvalue weighted by Crippen LogP contribution is 2.34. The number of carbonyl (C=O) groups is 1. The van der Waals surface area contributed by atoms with Gasteiger partial charge in [-0.15, -0.1) is 0 Å². The number of ketones is 1. The third-order valence-corrected chi connectivity index (χ3v) is 5.99. The molecule has 0 radical (unpaired) electrons. The highest BCUT2D eigenvalue weighted by atomic mass is 19.4. The summed E-state index contributed by atoms with van der Waals surface area (Å²) < 4.78 is 67.6. The Bertz CT molecular complexity index is 1150. The van der Waals surface area contributed by atoms with Crippen LogP contribution in [0.4, 0.5) is 17.6 Å². The third kappa shape index (κ3) is 5.32. The Morgan fingerprint density at radius 3 is 2.62 bits per heavy atom. The number of rotatable bonds is 8. The van der Waals surface area contributed by atoms with Crippen molar-refractivity contribution in [2.45, 2.75) is 31.4 Å². The number of aromatic nitrogens is 1. The fraction of sp³-hybridized carbons (Fsp3) is 0.417. The second kappa shape index (κ2) is 10.0. The number of fused-ring (bicyclic) bond motifs is 1. The van der Waals surface area contributed by atoms with E-state index < -0.39 is 17.5 Å². The van der Waals surface area contributed by atoms with Crippen LogP contribution >= 0.6 is 0 Å². The van der Waals surface area contributed by atoms with Gasteiger partial charge < -0.3 is 18.9 Å². The van der Waals surface area contributed by atoms with Crippen LogP contribution < -0.4 is 9.47 Å². The molecule has 0 unspecified atom stereocenters. The van der Waals surface area contributed by atoms with Gasteiger partial charge in [-0.25, -0.2) is 4.39 Å². The van der Waals surface area contributed by atoms with Gasteiger partial charge in [0.25, 0.3) is 5.78 Å². The predicted octanol–water partition coefficient (Wildman–Crippen LogP) is 5.37. The number of piperidine rings is 1. The minimum Gasteiger partial charge on any atom is -0.493 e. The third-order valence-electron chi connectivity index (χ3n) is 5.99. The van der Waals surface area contributed by atoms with Gasteiger partial charge in [0, 0.05) is 29.5 Å². The van der Waals surface area contributed by atoms with Crippen LogP contribution in [0.25, 0.3) is 10.9 Å². The Morgan fingerprint density at radius 2 is 1.91 bits per heavy atom. The topological polar surface area (TPSA) is 64.8 Å². The van der Waals surface area contributed by atoms with Crippen molar-refractivity contribution in [2.75, 3.05) is 33.4 Å². The summed E-state index contributed by atoms with van der Waals surface area (Å²) >= 11 is 0. The number of likely N-dealkylation sites (tertiary alicyclic amines) is 1. The van der Waals surface area contributed by atoms with Crippen LogP contribution in [-0.2, 0) is 0 Å². The largest absolute Gasteiger partial charge is 0.493 e. The number of nitrogens with zero attached hydrogens (tertiary/aromatic N) is 2. The van der Waals surface area contributed by atoms with Gasteiger partial charge in [-0.3, -0.25) is 4.79 Å². The summed E-state index contributed by atoms with van der Waals surface area (Å²) in [6, 6.07) is 7.93. The monoisotopic (exact) mass is 480 g/mol. The van der Waals surface area contributed by atoms with Crippen LogP contribution in [0, 0.1) is 5.82 Å². The molecule has 1 saturated heterocycles. The molecule has 1 aliphatic rings. The number of ether oxygens (including phenoxy) is 2. The van der Waals surface area contributed by atoms with Crippen molar-refractivity contribution in [3.63, 3.8) is 0 Å². The number of carbonyl (C=O) groups excluding carboxylic acids is 1. The van der Waals surface area contributed by atoms with Gasteiger partial charge >= 0.3 is 6.18 Å². The van der Waals surface area contributed by atoms with Gasteiger partial charge in [-0.05, 0) is 62.7 Å². The summed E-state index contributed by atoms with van der Waals surface area (Å²) in [5.74, 6) is -0.870. The van der Waals surface area contributed by atoms with Crippen LogP contribution in [0.3, 0.4) is 0 Å². The average molecular weight is 480 g/mol. The van der Waals surface area contributed by atoms with E-state index in [2.05, 4.69) is 10.1 Å². The Hall–Kier alpha value is -3.14. The quantitative estimate of drug-likeness (QED) is 0.245. The molecule has 0 bridgehead atoms. The molecule has 4 rings (SSSR count). The predicted molar refractivity (Wildman–Crippen MR) is 116 cm³/mol. The standard InChI is InChI=1S/C24H24F4N2O4/c1-32-21-13-16(23(31)24(26,27)28)3-6-20(21)33-12-2-9-30-10-7-15(8-11-30)22-18-5-4-17(25)14-19(18)29-34-22/h3-6,13-15H,2,7-12H2,1H3. The van der Waals surface area contributed by atoms with E-state index in [0.717, 1.165) is 55.8 Å². The van der Waals surface area contributed by atoms with Crippen molar-refractivity contribution < 1.29 is 36.4 Å².